The first-order chi connectivity index (χ1) is 11.1. The number of benzene rings is 2. The van der Waals surface area contributed by atoms with Gasteiger partial charge in [-0.3, -0.25) is 9.36 Å². The van der Waals surface area contributed by atoms with Gasteiger partial charge in [0.05, 0.1) is 18.1 Å². The minimum absolute atomic E-state index is 0.255. The van der Waals surface area contributed by atoms with Crippen LogP contribution in [0.3, 0.4) is 0 Å². The number of nitrogens with zero attached hydrogens (tertiary/aromatic N) is 1. The molecular formula is C18H16N2O3. The Hall–Kier alpha value is -3.08. The Morgan fingerprint density at radius 1 is 1.09 bits per heavy atom. The molecule has 0 amide bonds. The molecule has 0 spiro atoms. The third-order valence-corrected chi connectivity index (χ3v) is 3.88. The molecular weight excluding hydrogens is 292 g/mol. The Labute approximate surface area is 132 Å². The fraction of sp³-hybridized carbons (Fsp3) is 0.111. The number of anilines is 1. The van der Waals surface area contributed by atoms with E-state index in [1.165, 1.54) is 11.7 Å². The lowest BCUT2D eigenvalue weighted by Crippen LogP contribution is -2.25. The van der Waals surface area contributed by atoms with Gasteiger partial charge in [-0.25, -0.2) is 4.79 Å². The van der Waals surface area contributed by atoms with Gasteiger partial charge in [-0.1, -0.05) is 30.3 Å². The zero-order valence-corrected chi connectivity index (χ0v) is 12.9. The van der Waals surface area contributed by atoms with Crippen LogP contribution >= 0.6 is 0 Å². The molecule has 0 fully saturated rings. The molecule has 23 heavy (non-hydrogen) atoms. The van der Waals surface area contributed by atoms with E-state index < -0.39 is 5.97 Å². The molecule has 0 saturated heterocycles. The van der Waals surface area contributed by atoms with Crippen molar-refractivity contribution in [3.05, 3.63) is 70.1 Å². The predicted molar refractivity (Wildman–Crippen MR) is 90.0 cm³/mol. The lowest BCUT2D eigenvalue weighted by molar-refractivity contribution is 0.0601. The molecule has 2 N–H and O–H groups in total. The van der Waals surface area contributed by atoms with Gasteiger partial charge in [-0.05, 0) is 25.1 Å². The minimum atomic E-state index is -0.497. The van der Waals surface area contributed by atoms with Crippen LogP contribution in [0.15, 0.2) is 53.3 Å². The van der Waals surface area contributed by atoms with Crippen molar-refractivity contribution in [1.82, 2.24) is 4.57 Å². The summed E-state index contributed by atoms with van der Waals surface area (Å²) in [6, 6.07) is 14.2. The summed E-state index contributed by atoms with van der Waals surface area (Å²) in [6.07, 6.45) is 0. The first kappa shape index (κ1) is 14.8. The zero-order valence-electron chi connectivity index (χ0n) is 12.9. The van der Waals surface area contributed by atoms with E-state index in [1.807, 2.05) is 18.2 Å². The maximum Gasteiger partial charge on any atom is 0.340 e. The first-order valence-corrected chi connectivity index (χ1v) is 7.13. The van der Waals surface area contributed by atoms with E-state index in [1.54, 1.807) is 37.3 Å². The number of methoxy groups -OCH3 is 1. The molecule has 3 rings (SSSR count). The number of nitrogens with two attached hydrogens (primary N) is 1. The fourth-order valence-electron chi connectivity index (χ4n) is 2.84. The third kappa shape index (κ3) is 2.26. The Bertz CT molecular complexity index is 959. The van der Waals surface area contributed by atoms with E-state index in [0.29, 0.717) is 33.4 Å². The molecule has 0 radical (unpaired) electrons. The van der Waals surface area contributed by atoms with Gasteiger partial charge in [0.2, 0.25) is 0 Å². The zero-order chi connectivity index (χ0) is 16.6. The van der Waals surface area contributed by atoms with E-state index >= 15 is 0 Å². The Kier molecular flexibility index (Phi) is 3.62. The highest BCUT2D eigenvalue weighted by atomic mass is 16.5. The number of nitrogen functional groups attached to an aromatic ring is 1. The van der Waals surface area contributed by atoms with Crippen LogP contribution in [0.2, 0.25) is 0 Å². The summed E-state index contributed by atoms with van der Waals surface area (Å²) in [5, 5.41) is 0.828. The summed E-state index contributed by atoms with van der Waals surface area (Å²) < 4.78 is 6.39. The molecule has 0 saturated carbocycles. The summed E-state index contributed by atoms with van der Waals surface area (Å²) in [7, 11) is 1.32. The van der Waals surface area contributed by atoms with Crippen LogP contribution in [0.4, 0.5) is 5.69 Å². The fourth-order valence-corrected chi connectivity index (χ4v) is 2.84. The number of rotatable bonds is 2. The molecule has 0 aliphatic rings. The highest BCUT2D eigenvalue weighted by Gasteiger charge is 2.21. The van der Waals surface area contributed by atoms with Crippen LogP contribution in [0.25, 0.3) is 16.5 Å². The topological polar surface area (TPSA) is 74.3 Å². The van der Waals surface area contributed by atoms with Crippen LogP contribution in [-0.2, 0) is 4.74 Å². The number of fused-ring (bicyclic) bond motifs is 1. The van der Waals surface area contributed by atoms with E-state index in [-0.39, 0.29) is 5.56 Å². The predicted octanol–water partition coefficient (Wildman–Crippen LogP) is 2.67. The normalized spacial score (nSPS) is 10.7. The Morgan fingerprint density at radius 3 is 2.43 bits per heavy atom. The first-order valence-electron chi connectivity index (χ1n) is 7.13. The van der Waals surface area contributed by atoms with Crippen LogP contribution in [0, 0.1) is 6.92 Å². The number of esters is 1. The average Bonchev–Trinajstić information content (AvgIpc) is 2.55. The standard InChI is InChI=1S/C18H16N2O3/c1-11-15(18(22)23-2)13-9-6-10-14(19)16(13)17(21)20(11)12-7-4-3-5-8-12/h3-10H,19H2,1-2H3. The minimum Gasteiger partial charge on any atom is -0.465 e. The summed E-state index contributed by atoms with van der Waals surface area (Å²) in [5.41, 5.74) is 7.62. The van der Waals surface area contributed by atoms with E-state index in [9.17, 15) is 9.59 Å². The van der Waals surface area contributed by atoms with Crippen molar-refractivity contribution in [1.29, 1.82) is 0 Å². The number of carbonyl (C=O) groups excluding carboxylic acids is 1. The van der Waals surface area contributed by atoms with Crippen molar-refractivity contribution in [2.75, 3.05) is 12.8 Å². The van der Waals surface area contributed by atoms with Gasteiger partial charge in [-0.2, -0.15) is 0 Å². The molecule has 1 heterocycles. The molecule has 2 aromatic carbocycles. The maximum absolute atomic E-state index is 13.0. The second kappa shape index (κ2) is 5.61. The summed E-state index contributed by atoms with van der Waals surface area (Å²) in [6.45, 7) is 1.73. The average molecular weight is 308 g/mol. The lowest BCUT2D eigenvalue weighted by atomic mass is 10.0. The maximum atomic E-state index is 13.0. The van der Waals surface area contributed by atoms with Crippen LogP contribution in [-0.4, -0.2) is 17.6 Å². The molecule has 0 aliphatic carbocycles. The highest BCUT2D eigenvalue weighted by Crippen LogP contribution is 2.25. The summed E-state index contributed by atoms with van der Waals surface area (Å²) in [4.78, 5) is 25.2. The van der Waals surface area contributed by atoms with Crippen molar-refractivity contribution in [2.45, 2.75) is 6.92 Å². The SMILES string of the molecule is COC(=O)c1c(C)n(-c2ccccc2)c(=O)c2c(N)cccc12. The van der Waals surface area contributed by atoms with Gasteiger partial charge < -0.3 is 10.5 Å². The molecule has 0 atom stereocenters. The smallest absolute Gasteiger partial charge is 0.340 e. The Balaban J connectivity index is 2.54. The summed E-state index contributed by atoms with van der Waals surface area (Å²) >= 11 is 0. The van der Waals surface area contributed by atoms with Gasteiger partial charge in [-0.15, -0.1) is 0 Å². The van der Waals surface area contributed by atoms with Crippen LogP contribution < -0.4 is 11.3 Å². The van der Waals surface area contributed by atoms with Crippen molar-refractivity contribution in [2.24, 2.45) is 0 Å². The quantitative estimate of drug-likeness (QED) is 0.583. The number of para-hydroxylation sites is 1. The van der Waals surface area contributed by atoms with Gasteiger partial charge >= 0.3 is 5.97 Å². The molecule has 5 nitrogen and oxygen atoms in total. The number of aromatic nitrogens is 1. The number of hydrogen-bond acceptors (Lipinski definition) is 4. The second-order valence-corrected chi connectivity index (χ2v) is 5.20. The van der Waals surface area contributed by atoms with Gasteiger partial charge in [0, 0.05) is 22.5 Å². The van der Waals surface area contributed by atoms with E-state index in [0.717, 1.165) is 0 Å². The lowest BCUT2D eigenvalue weighted by Gasteiger charge is -2.16. The van der Waals surface area contributed by atoms with Crippen molar-refractivity contribution >= 4 is 22.4 Å². The molecule has 5 heteroatoms. The molecule has 0 unspecified atom stereocenters. The molecule has 0 aliphatic heterocycles. The number of ether oxygens (including phenoxy) is 1. The van der Waals surface area contributed by atoms with Crippen LogP contribution in [0.1, 0.15) is 16.1 Å². The van der Waals surface area contributed by atoms with Crippen LogP contribution in [0.5, 0.6) is 0 Å². The molecule has 3 aromatic rings. The van der Waals surface area contributed by atoms with Gasteiger partial charge in [0.1, 0.15) is 0 Å². The van der Waals surface area contributed by atoms with Gasteiger partial charge in [0.25, 0.3) is 5.56 Å². The van der Waals surface area contributed by atoms with Crippen molar-refractivity contribution in [3.63, 3.8) is 0 Å². The molecule has 1 aromatic heterocycles. The number of pyridine rings is 1. The Morgan fingerprint density at radius 2 is 1.78 bits per heavy atom. The largest absolute Gasteiger partial charge is 0.465 e. The van der Waals surface area contributed by atoms with E-state index in [2.05, 4.69) is 0 Å². The van der Waals surface area contributed by atoms with E-state index in [4.69, 9.17) is 10.5 Å². The monoisotopic (exact) mass is 308 g/mol. The highest BCUT2D eigenvalue weighted by molar-refractivity contribution is 6.08. The number of carbonyl (C=O) groups is 1. The molecule has 116 valence electrons. The van der Waals surface area contributed by atoms with Gasteiger partial charge in [0.15, 0.2) is 0 Å². The second-order valence-electron chi connectivity index (χ2n) is 5.20. The number of hydrogen-bond donors (Lipinski definition) is 1. The van der Waals surface area contributed by atoms with Crippen molar-refractivity contribution in [3.8, 4) is 5.69 Å². The summed E-state index contributed by atoms with van der Waals surface area (Å²) in [5.74, 6) is -0.497. The molecule has 0 bridgehead atoms. The van der Waals surface area contributed by atoms with Crippen molar-refractivity contribution < 1.29 is 9.53 Å². The third-order valence-electron chi connectivity index (χ3n) is 3.88.